The number of rotatable bonds is 12. The molecule has 0 bridgehead atoms. The molecule has 1 fully saturated rings. The third-order valence-electron chi connectivity index (χ3n) is 4.57. The molecule has 0 aromatic heterocycles. The van der Waals surface area contributed by atoms with Crippen LogP contribution in [0.25, 0.3) is 0 Å². The molecule has 5 nitrogen and oxygen atoms in total. The van der Waals surface area contributed by atoms with E-state index in [9.17, 15) is 0 Å². The molecular formula is C18H39NO4S. The summed E-state index contributed by atoms with van der Waals surface area (Å²) in [5.41, 5.74) is 0. The standard InChI is InChI=1S/C18H37N.H2O4S/c1-2-3-4-5-6-7-8-9-10-14-17-19-18-15-12-11-13-16-18;1-5(2,3)4/h18-19H,2-17H2,1H3;(H2,1,2,3,4). The lowest BCUT2D eigenvalue weighted by molar-refractivity contribution is 0.369. The lowest BCUT2D eigenvalue weighted by atomic mass is 9.95. The van der Waals surface area contributed by atoms with E-state index in [1.807, 2.05) is 0 Å². The molecule has 1 aliphatic carbocycles. The molecule has 0 heterocycles. The van der Waals surface area contributed by atoms with E-state index in [-0.39, 0.29) is 0 Å². The van der Waals surface area contributed by atoms with Crippen molar-refractivity contribution in [3.05, 3.63) is 0 Å². The number of hydrogen-bond acceptors (Lipinski definition) is 3. The third kappa shape index (κ3) is 21.8. The summed E-state index contributed by atoms with van der Waals surface area (Å²) in [6, 6.07) is 0.854. The van der Waals surface area contributed by atoms with Crippen molar-refractivity contribution in [1.29, 1.82) is 0 Å². The molecule has 1 saturated carbocycles. The number of hydrogen-bond donors (Lipinski definition) is 3. The molecule has 1 aliphatic rings. The Labute approximate surface area is 149 Å². The Morgan fingerprint density at radius 2 is 1.21 bits per heavy atom. The van der Waals surface area contributed by atoms with Gasteiger partial charge < -0.3 is 5.32 Å². The normalized spacial score (nSPS) is 15.8. The SMILES string of the molecule is CCCCCCCCCCCCNC1CCCCC1.O=S(=O)(O)O. The highest BCUT2D eigenvalue weighted by molar-refractivity contribution is 7.79. The van der Waals surface area contributed by atoms with Crippen LogP contribution in [0.1, 0.15) is 103 Å². The van der Waals surface area contributed by atoms with Gasteiger partial charge in [0, 0.05) is 6.04 Å². The van der Waals surface area contributed by atoms with Gasteiger partial charge in [0.05, 0.1) is 0 Å². The van der Waals surface area contributed by atoms with E-state index in [0.29, 0.717) is 0 Å². The quantitative estimate of drug-likeness (QED) is 0.328. The summed E-state index contributed by atoms with van der Waals surface area (Å²) in [4.78, 5) is 0. The van der Waals surface area contributed by atoms with Crippen LogP contribution in [0.5, 0.6) is 0 Å². The highest BCUT2D eigenvalue weighted by atomic mass is 32.3. The molecule has 0 aromatic rings. The smallest absolute Gasteiger partial charge is 0.314 e. The predicted octanol–water partition coefficient (Wildman–Crippen LogP) is 5.18. The highest BCUT2D eigenvalue weighted by Gasteiger charge is 2.11. The summed E-state index contributed by atoms with van der Waals surface area (Å²) in [6.45, 7) is 3.56. The zero-order valence-electron chi connectivity index (χ0n) is 15.5. The van der Waals surface area contributed by atoms with Gasteiger partial charge in [-0.15, -0.1) is 0 Å². The first-order chi connectivity index (χ1) is 11.4. The van der Waals surface area contributed by atoms with Gasteiger partial charge in [-0.1, -0.05) is 84.0 Å². The second-order valence-electron chi connectivity index (χ2n) is 6.92. The Hall–Kier alpha value is -0.170. The molecule has 0 aromatic carbocycles. The minimum Gasteiger partial charge on any atom is -0.314 e. The van der Waals surface area contributed by atoms with Gasteiger partial charge in [0.2, 0.25) is 0 Å². The lowest BCUT2D eigenvalue weighted by Crippen LogP contribution is -2.31. The van der Waals surface area contributed by atoms with Crippen LogP contribution in [0, 0.1) is 0 Å². The average molecular weight is 366 g/mol. The van der Waals surface area contributed by atoms with Gasteiger partial charge in [0.1, 0.15) is 0 Å². The largest absolute Gasteiger partial charge is 0.394 e. The molecule has 0 amide bonds. The minimum atomic E-state index is -4.67. The van der Waals surface area contributed by atoms with E-state index in [0.717, 1.165) is 6.04 Å². The summed E-state index contributed by atoms with van der Waals surface area (Å²) in [5, 5.41) is 3.75. The van der Waals surface area contributed by atoms with E-state index in [4.69, 9.17) is 17.5 Å². The van der Waals surface area contributed by atoms with Crippen molar-refractivity contribution in [2.24, 2.45) is 0 Å². The van der Waals surface area contributed by atoms with Gasteiger partial charge in [0.15, 0.2) is 0 Å². The molecule has 0 unspecified atom stereocenters. The van der Waals surface area contributed by atoms with Crippen LogP contribution in [0.3, 0.4) is 0 Å². The maximum absolute atomic E-state index is 8.74. The second kappa shape index (κ2) is 16.3. The third-order valence-corrected chi connectivity index (χ3v) is 4.57. The molecule has 0 spiro atoms. The fraction of sp³-hybridized carbons (Fsp3) is 1.00. The van der Waals surface area contributed by atoms with Crippen LogP contribution in [0.2, 0.25) is 0 Å². The highest BCUT2D eigenvalue weighted by Crippen LogP contribution is 2.17. The Kier molecular flexibility index (Phi) is 16.2. The summed E-state index contributed by atoms with van der Waals surface area (Å²) in [7, 11) is -4.67. The van der Waals surface area contributed by atoms with Crippen molar-refractivity contribution < 1.29 is 17.5 Å². The first-order valence-electron chi connectivity index (χ1n) is 9.86. The monoisotopic (exact) mass is 365 g/mol. The van der Waals surface area contributed by atoms with Crippen LogP contribution in [-0.2, 0) is 10.4 Å². The molecule has 3 N–H and O–H groups in total. The summed E-state index contributed by atoms with van der Waals surface area (Å²) >= 11 is 0. The zero-order valence-corrected chi connectivity index (χ0v) is 16.3. The van der Waals surface area contributed by atoms with Crippen molar-refractivity contribution in [2.75, 3.05) is 6.54 Å². The maximum atomic E-state index is 8.74. The molecule has 6 heteroatoms. The Morgan fingerprint density at radius 3 is 1.67 bits per heavy atom. The number of unbranched alkanes of at least 4 members (excludes halogenated alkanes) is 9. The molecule has 0 saturated heterocycles. The van der Waals surface area contributed by atoms with Gasteiger partial charge in [-0.3, -0.25) is 9.11 Å². The van der Waals surface area contributed by atoms with Gasteiger partial charge in [-0.05, 0) is 25.8 Å². The molecule has 146 valence electrons. The molecule has 0 radical (unpaired) electrons. The van der Waals surface area contributed by atoms with E-state index in [1.165, 1.54) is 103 Å². The van der Waals surface area contributed by atoms with E-state index >= 15 is 0 Å². The van der Waals surface area contributed by atoms with Gasteiger partial charge in [0.25, 0.3) is 0 Å². The minimum absolute atomic E-state index is 0.854. The van der Waals surface area contributed by atoms with Gasteiger partial charge >= 0.3 is 10.4 Å². The Balaban J connectivity index is 0.000000922. The fourth-order valence-electron chi connectivity index (χ4n) is 3.23. The molecule has 0 aliphatic heterocycles. The van der Waals surface area contributed by atoms with E-state index in [1.54, 1.807) is 0 Å². The Bertz CT molecular complexity index is 346. The molecule has 24 heavy (non-hydrogen) atoms. The molecule has 0 atom stereocenters. The van der Waals surface area contributed by atoms with Crippen molar-refractivity contribution in [1.82, 2.24) is 5.32 Å². The van der Waals surface area contributed by atoms with Crippen molar-refractivity contribution >= 4 is 10.4 Å². The van der Waals surface area contributed by atoms with E-state index < -0.39 is 10.4 Å². The zero-order chi connectivity index (χ0) is 18.1. The first kappa shape index (κ1) is 23.8. The van der Waals surface area contributed by atoms with Crippen molar-refractivity contribution in [3.8, 4) is 0 Å². The molecular weight excluding hydrogens is 326 g/mol. The van der Waals surface area contributed by atoms with Crippen LogP contribution >= 0.6 is 0 Å². The van der Waals surface area contributed by atoms with Crippen LogP contribution < -0.4 is 5.32 Å². The number of nitrogens with one attached hydrogen (secondary N) is 1. The first-order valence-corrected chi connectivity index (χ1v) is 11.3. The van der Waals surface area contributed by atoms with Crippen molar-refractivity contribution in [3.63, 3.8) is 0 Å². The average Bonchev–Trinajstić information content (AvgIpc) is 2.52. The Morgan fingerprint density at radius 1 is 0.792 bits per heavy atom. The predicted molar refractivity (Wildman–Crippen MR) is 101 cm³/mol. The topological polar surface area (TPSA) is 86.6 Å². The van der Waals surface area contributed by atoms with Crippen LogP contribution in [0.15, 0.2) is 0 Å². The lowest BCUT2D eigenvalue weighted by Gasteiger charge is -2.22. The van der Waals surface area contributed by atoms with Crippen LogP contribution in [-0.4, -0.2) is 30.1 Å². The summed E-state index contributed by atoms with van der Waals surface area (Å²) < 4.78 is 31.6. The molecule has 1 rings (SSSR count). The second-order valence-corrected chi connectivity index (χ2v) is 7.81. The maximum Gasteiger partial charge on any atom is 0.394 e. The summed E-state index contributed by atoms with van der Waals surface area (Å²) in [5.74, 6) is 0. The summed E-state index contributed by atoms with van der Waals surface area (Å²) in [6.07, 6.45) is 21.7. The van der Waals surface area contributed by atoms with Gasteiger partial charge in [-0.25, -0.2) is 0 Å². The van der Waals surface area contributed by atoms with Crippen LogP contribution in [0.4, 0.5) is 0 Å². The van der Waals surface area contributed by atoms with E-state index in [2.05, 4.69) is 12.2 Å². The van der Waals surface area contributed by atoms with Gasteiger partial charge in [-0.2, -0.15) is 8.42 Å². The fourth-order valence-corrected chi connectivity index (χ4v) is 3.23. The van der Waals surface area contributed by atoms with Crippen molar-refractivity contribution in [2.45, 2.75) is 109 Å².